The molecule has 0 unspecified atom stereocenters. The van der Waals surface area contributed by atoms with E-state index in [0.717, 1.165) is 23.2 Å². The number of benzene rings is 1. The van der Waals surface area contributed by atoms with Crippen LogP contribution < -0.4 is 5.73 Å². The Kier molecular flexibility index (Phi) is 4.75. The summed E-state index contributed by atoms with van der Waals surface area (Å²) < 4.78 is 1.77. The van der Waals surface area contributed by atoms with Crippen molar-refractivity contribution in [3.05, 3.63) is 64.6 Å². The predicted octanol–water partition coefficient (Wildman–Crippen LogP) is 2.56. The Balaban J connectivity index is 2.35. The highest BCUT2D eigenvalue weighted by Crippen LogP contribution is 2.32. The molecule has 2 heterocycles. The highest BCUT2D eigenvalue weighted by Gasteiger charge is 2.28. The second kappa shape index (κ2) is 7.00. The number of amides is 1. The Labute approximate surface area is 151 Å². The number of aromatic nitrogens is 2. The van der Waals surface area contributed by atoms with Gasteiger partial charge in [0, 0.05) is 18.3 Å². The molecule has 0 saturated heterocycles. The second-order valence-electron chi connectivity index (χ2n) is 6.33. The minimum Gasteiger partial charge on any atom is -0.492 e. The molecule has 2 aromatic heterocycles. The summed E-state index contributed by atoms with van der Waals surface area (Å²) in [5, 5.41) is 10.4. The molecule has 6 nitrogen and oxygen atoms in total. The first-order chi connectivity index (χ1) is 12.4. The number of fused-ring (bicyclic) bond motifs is 1. The summed E-state index contributed by atoms with van der Waals surface area (Å²) in [5.41, 5.74) is 8.95. The van der Waals surface area contributed by atoms with Gasteiger partial charge < -0.3 is 15.2 Å². The van der Waals surface area contributed by atoms with Gasteiger partial charge in [-0.05, 0) is 24.5 Å². The third kappa shape index (κ3) is 3.06. The van der Waals surface area contributed by atoms with Crippen LogP contribution in [0.5, 0.6) is 5.88 Å². The first-order valence-electron chi connectivity index (χ1n) is 8.54. The van der Waals surface area contributed by atoms with E-state index in [0.29, 0.717) is 18.5 Å². The summed E-state index contributed by atoms with van der Waals surface area (Å²) in [6.07, 6.45) is 3.71. The summed E-state index contributed by atoms with van der Waals surface area (Å²) in [4.78, 5) is 28.2. The van der Waals surface area contributed by atoms with Crippen LogP contribution in [0.1, 0.15) is 46.2 Å². The van der Waals surface area contributed by atoms with Crippen molar-refractivity contribution in [3.63, 3.8) is 0 Å². The molecule has 3 rings (SSSR count). The number of hydrogen-bond acceptors (Lipinski definition) is 4. The molecular formula is C20H21N3O3. The van der Waals surface area contributed by atoms with Crippen molar-refractivity contribution in [3.8, 4) is 5.88 Å². The number of Topliss-reactive ketones (excluding diaryl/α,β-unsaturated/α-hetero) is 1. The maximum atomic E-state index is 12.5. The fourth-order valence-corrected chi connectivity index (χ4v) is 3.35. The maximum Gasteiger partial charge on any atom is 0.289 e. The van der Waals surface area contributed by atoms with Crippen LogP contribution >= 0.6 is 0 Å². The number of nitrogens with two attached hydrogens (primary N) is 1. The van der Waals surface area contributed by atoms with Gasteiger partial charge in [0.15, 0.2) is 0 Å². The Hall–Kier alpha value is -3.15. The van der Waals surface area contributed by atoms with Crippen LogP contribution in [0.25, 0.3) is 5.52 Å². The fourth-order valence-electron chi connectivity index (χ4n) is 3.35. The molecule has 0 aliphatic heterocycles. The molecule has 1 aromatic carbocycles. The number of ketones is 1. The van der Waals surface area contributed by atoms with E-state index < -0.39 is 11.7 Å². The van der Waals surface area contributed by atoms with Crippen LogP contribution in [0.2, 0.25) is 0 Å². The van der Waals surface area contributed by atoms with Gasteiger partial charge in [-0.15, -0.1) is 0 Å². The SMILES string of the molecule is CCCc1c(C(=O)C(N)=O)c2c(O)nc(C)cn2c1Cc1ccccc1. The van der Waals surface area contributed by atoms with Crippen LogP contribution in [0.15, 0.2) is 36.5 Å². The van der Waals surface area contributed by atoms with E-state index in [1.165, 1.54) is 0 Å². The first-order valence-corrected chi connectivity index (χ1v) is 8.54. The van der Waals surface area contributed by atoms with Gasteiger partial charge in [-0.3, -0.25) is 9.59 Å². The molecule has 0 spiro atoms. The zero-order valence-electron chi connectivity index (χ0n) is 14.8. The third-order valence-electron chi connectivity index (χ3n) is 4.39. The third-order valence-corrected chi connectivity index (χ3v) is 4.39. The van der Waals surface area contributed by atoms with Gasteiger partial charge in [0.1, 0.15) is 5.52 Å². The lowest BCUT2D eigenvalue weighted by Gasteiger charge is -2.08. The minimum absolute atomic E-state index is 0.162. The number of rotatable bonds is 6. The van der Waals surface area contributed by atoms with E-state index in [9.17, 15) is 14.7 Å². The van der Waals surface area contributed by atoms with Gasteiger partial charge in [0.05, 0.1) is 11.3 Å². The standard InChI is InChI=1S/C20H21N3O3/c1-3-7-14-15(10-13-8-5-4-6-9-13)23-11-12(2)22-20(26)17(23)16(14)18(24)19(21)25/h4-6,8-9,11H,3,7,10H2,1-2H3,(H2,21,25)(H,22,26). The zero-order chi connectivity index (χ0) is 18.8. The molecule has 0 aliphatic carbocycles. The fraction of sp³-hybridized carbons (Fsp3) is 0.250. The van der Waals surface area contributed by atoms with Gasteiger partial charge in [-0.1, -0.05) is 43.7 Å². The zero-order valence-corrected chi connectivity index (χ0v) is 14.8. The summed E-state index contributed by atoms with van der Waals surface area (Å²) in [6.45, 7) is 3.76. The second-order valence-corrected chi connectivity index (χ2v) is 6.33. The highest BCUT2D eigenvalue weighted by molar-refractivity contribution is 6.44. The van der Waals surface area contributed by atoms with Gasteiger partial charge in [-0.2, -0.15) is 0 Å². The Morgan fingerprint density at radius 2 is 1.92 bits per heavy atom. The molecule has 0 saturated carbocycles. The monoisotopic (exact) mass is 351 g/mol. The van der Waals surface area contributed by atoms with Crippen LogP contribution in [-0.4, -0.2) is 26.2 Å². The lowest BCUT2D eigenvalue weighted by Crippen LogP contribution is -2.24. The largest absolute Gasteiger partial charge is 0.492 e. The van der Waals surface area contributed by atoms with Crippen molar-refractivity contribution in [2.75, 3.05) is 0 Å². The van der Waals surface area contributed by atoms with E-state index in [4.69, 9.17) is 5.73 Å². The summed E-state index contributed by atoms with van der Waals surface area (Å²) >= 11 is 0. The molecule has 3 aromatic rings. The number of aromatic hydroxyl groups is 1. The molecule has 0 fully saturated rings. The molecule has 1 amide bonds. The van der Waals surface area contributed by atoms with Gasteiger partial charge in [0.2, 0.25) is 5.88 Å². The summed E-state index contributed by atoms with van der Waals surface area (Å²) in [5.74, 6) is -2.11. The summed E-state index contributed by atoms with van der Waals surface area (Å²) in [6, 6.07) is 9.83. The number of aryl methyl sites for hydroxylation is 1. The number of carbonyl (C=O) groups is 2. The van der Waals surface area contributed by atoms with Crippen molar-refractivity contribution >= 4 is 17.2 Å². The van der Waals surface area contributed by atoms with Crippen molar-refractivity contribution in [1.82, 2.24) is 9.38 Å². The Morgan fingerprint density at radius 1 is 1.23 bits per heavy atom. The Bertz CT molecular complexity index is 991. The van der Waals surface area contributed by atoms with E-state index >= 15 is 0 Å². The van der Waals surface area contributed by atoms with E-state index in [1.54, 1.807) is 17.5 Å². The summed E-state index contributed by atoms with van der Waals surface area (Å²) in [7, 11) is 0. The van der Waals surface area contributed by atoms with E-state index in [1.807, 2.05) is 37.3 Å². The Morgan fingerprint density at radius 3 is 2.54 bits per heavy atom. The smallest absolute Gasteiger partial charge is 0.289 e. The molecular weight excluding hydrogens is 330 g/mol. The number of nitrogens with zero attached hydrogens (tertiary/aromatic N) is 2. The maximum absolute atomic E-state index is 12.5. The molecule has 134 valence electrons. The van der Waals surface area contributed by atoms with Crippen molar-refractivity contribution in [2.45, 2.75) is 33.1 Å². The van der Waals surface area contributed by atoms with Crippen LogP contribution in [0.4, 0.5) is 0 Å². The average Bonchev–Trinajstić information content (AvgIpc) is 2.89. The molecule has 0 aliphatic rings. The number of primary amides is 1. The molecule has 0 bridgehead atoms. The molecule has 0 radical (unpaired) electrons. The minimum atomic E-state index is -1.04. The normalized spacial score (nSPS) is 11.0. The van der Waals surface area contributed by atoms with Gasteiger partial charge in [-0.25, -0.2) is 4.98 Å². The van der Waals surface area contributed by atoms with E-state index in [2.05, 4.69) is 4.98 Å². The van der Waals surface area contributed by atoms with Crippen LogP contribution in [0.3, 0.4) is 0 Å². The number of carbonyl (C=O) groups excluding carboxylic acids is 2. The topological polar surface area (TPSA) is 97.7 Å². The van der Waals surface area contributed by atoms with Crippen LogP contribution in [0, 0.1) is 6.92 Å². The lowest BCUT2D eigenvalue weighted by atomic mass is 9.98. The highest BCUT2D eigenvalue weighted by atomic mass is 16.3. The molecule has 0 atom stereocenters. The predicted molar refractivity (Wildman–Crippen MR) is 98.4 cm³/mol. The first kappa shape index (κ1) is 17.7. The molecule has 26 heavy (non-hydrogen) atoms. The van der Waals surface area contributed by atoms with Gasteiger partial charge in [0.25, 0.3) is 11.7 Å². The lowest BCUT2D eigenvalue weighted by molar-refractivity contribution is -0.114. The van der Waals surface area contributed by atoms with Crippen molar-refractivity contribution < 1.29 is 14.7 Å². The van der Waals surface area contributed by atoms with Gasteiger partial charge >= 0.3 is 0 Å². The van der Waals surface area contributed by atoms with E-state index in [-0.39, 0.29) is 17.0 Å². The number of hydrogen-bond donors (Lipinski definition) is 2. The van der Waals surface area contributed by atoms with Crippen LogP contribution in [-0.2, 0) is 17.6 Å². The molecule has 3 N–H and O–H groups in total. The van der Waals surface area contributed by atoms with Crippen molar-refractivity contribution in [1.29, 1.82) is 0 Å². The molecule has 6 heteroatoms. The van der Waals surface area contributed by atoms with Crippen molar-refractivity contribution in [2.24, 2.45) is 5.73 Å². The average molecular weight is 351 g/mol. The quantitative estimate of drug-likeness (QED) is 0.527.